The molecule has 0 N–H and O–H groups in total. The largest absolute Gasteiger partial charge is 0.489 e. The molecule has 0 bridgehead atoms. The van der Waals surface area contributed by atoms with Crippen LogP contribution in [0.15, 0.2) is 63.8 Å². The zero-order chi connectivity index (χ0) is 16.4. The van der Waals surface area contributed by atoms with Crippen molar-refractivity contribution < 1.29 is 18.6 Å². The van der Waals surface area contributed by atoms with E-state index in [9.17, 15) is 4.79 Å². The van der Waals surface area contributed by atoms with Gasteiger partial charge in [0.05, 0.1) is 18.8 Å². The second kappa shape index (κ2) is 6.47. The summed E-state index contributed by atoms with van der Waals surface area (Å²) >= 11 is 0. The van der Waals surface area contributed by atoms with Gasteiger partial charge in [-0.3, -0.25) is 0 Å². The lowest BCUT2D eigenvalue weighted by Gasteiger charge is -2.10. The summed E-state index contributed by atoms with van der Waals surface area (Å²) in [6, 6.07) is 17.1. The number of hydrogen-bond acceptors (Lipinski definition) is 5. The predicted molar refractivity (Wildman–Crippen MR) is 87.9 cm³/mol. The van der Waals surface area contributed by atoms with Crippen LogP contribution in [0.4, 0.5) is 0 Å². The summed E-state index contributed by atoms with van der Waals surface area (Å²) in [4.78, 5) is 12.1. The molecule has 0 unspecified atom stereocenters. The Hall–Kier alpha value is -2.63. The molecule has 5 heteroatoms. The Bertz CT molecular complexity index is 895. The normalized spacial score (nSPS) is 15.0. The molecule has 0 atom stereocenters. The Labute approximate surface area is 138 Å². The molecule has 0 radical (unpaired) electrons. The fourth-order valence-electron chi connectivity index (χ4n) is 2.64. The molecule has 1 fully saturated rings. The van der Waals surface area contributed by atoms with Crippen molar-refractivity contribution >= 4 is 11.0 Å². The average molecular weight is 324 g/mol. The Balaban J connectivity index is 1.59. The highest BCUT2D eigenvalue weighted by Gasteiger charge is 2.23. The molecule has 3 aromatic rings. The molecule has 24 heavy (non-hydrogen) atoms. The van der Waals surface area contributed by atoms with Crippen molar-refractivity contribution in [1.29, 1.82) is 0 Å². The lowest BCUT2D eigenvalue weighted by atomic mass is 10.1. The third-order valence-electron chi connectivity index (χ3n) is 3.86. The number of benzene rings is 2. The summed E-state index contributed by atoms with van der Waals surface area (Å²) in [7, 11) is 0. The lowest BCUT2D eigenvalue weighted by Crippen LogP contribution is -2.12. The Morgan fingerprint density at radius 2 is 1.79 bits per heavy atom. The van der Waals surface area contributed by atoms with E-state index in [0.717, 1.165) is 10.9 Å². The molecule has 0 saturated carbocycles. The molecule has 0 spiro atoms. The molecule has 4 rings (SSSR count). The van der Waals surface area contributed by atoms with E-state index in [2.05, 4.69) is 0 Å². The minimum absolute atomic E-state index is 0.387. The van der Waals surface area contributed by atoms with E-state index in [0.29, 0.717) is 36.7 Å². The smallest absolute Gasteiger partial charge is 0.344 e. The highest BCUT2D eigenvalue weighted by atomic mass is 16.7. The van der Waals surface area contributed by atoms with Gasteiger partial charge in [0, 0.05) is 11.5 Å². The van der Waals surface area contributed by atoms with Crippen LogP contribution in [-0.4, -0.2) is 13.2 Å². The maximum absolute atomic E-state index is 12.1. The van der Waals surface area contributed by atoms with Crippen LogP contribution in [-0.2, 0) is 16.1 Å². The zero-order valence-corrected chi connectivity index (χ0v) is 12.9. The predicted octanol–water partition coefficient (Wildman–Crippen LogP) is 3.42. The molecule has 0 amide bonds. The van der Waals surface area contributed by atoms with Gasteiger partial charge in [-0.1, -0.05) is 30.3 Å². The Morgan fingerprint density at radius 3 is 2.58 bits per heavy atom. The van der Waals surface area contributed by atoms with Crippen molar-refractivity contribution in [1.82, 2.24) is 0 Å². The van der Waals surface area contributed by atoms with Crippen LogP contribution in [0.1, 0.15) is 17.4 Å². The number of fused-ring (bicyclic) bond motifs is 1. The van der Waals surface area contributed by atoms with Crippen LogP contribution < -0.4 is 10.4 Å². The number of ether oxygens (including phenoxy) is 3. The first kappa shape index (κ1) is 14.9. The fourth-order valence-corrected chi connectivity index (χ4v) is 2.64. The van der Waals surface area contributed by atoms with Crippen LogP contribution >= 0.6 is 0 Å². The minimum atomic E-state index is -0.639. The highest BCUT2D eigenvalue weighted by Crippen LogP contribution is 2.26. The van der Waals surface area contributed by atoms with E-state index in [1.54, 1.807) is 12.1 Å². The van der Waals surface area contributed by atoms with Crippen molar-refractivity contribution in [2.75, 3.05) is 13.2 Å². The van der Waals surface area contributed by atoms with Crippen LogP contribution in [0.5, 0.6) is 5.75 Å². The van der Waals surface area contributed by atoms with Gasteiger partial charge in [0.1, 0.15) is 17.9 Å². The second-order valence-corrected chi connectivity index (χ2v) is 5.54. The van der Waals surface area contributed by atoms with Gasteiger partial charge >= 0.3 is 5.63 Å². The highest BCUT2D eigenvalue weighted by molar-refractivity contribution is 5.78. The van der Waals surface area contributed by atoms with Crippen molar-refractivity contribution in [3.8, 4) is 5.75 Å². The van der Waals surface area contributed by atoms with Gasteiger partial charge in [-0.15, -0.1) is 0 Å². The SMILES string of the molecule is O=c1oc2cc(OCc3ccccc3)ccc2cc1C1OCCO1. The first-order valence-corrected chi connectivity index (χ1v) is 7.77. The summed E-state index contributed by atoms with van der Waals surface area (Å²) in [6.07, 6.45) is -0.639. The topological polar surface area (TPSA) is 57.9 Å². The van der Waals surface area contributed by atoms with E-state index in [4.69, 9.17) is 18.6 Å². The minimum Gasteiger partial charge on any atom is -0.489 e. The zero-order valence-electron chi connectivity index (χ0n) is 12.9. The van der Waals surface area contributed by atoms with Gasteiger partial charge in [0.25, 0.3) is 0 Å². The van der Waals surface area contributed by atoms with Crippen molar-refractivity contribution in [2.24, 2.45) is 0 Å². The Morgan fingerprint density at radius 1 is 1.00 bits per heavy atom. The molecule has 1 saturated heterocycles. The van der Waals surface area contributed by atoms with Crippen LogP contribution in [0.3, 0.4) is 0 Å². The Kier molecular flexibility index (Phi) is 4.02. The molecule has 122 valence electrons. The quantitative estimate of drug-likeness (QED) is 0.688. The molecule has 5 nitrogen and oxygen atoms in total. The third kappa shape index (κ3) is 3.04. The van der Waals surface area contributed by atoms with Gasteiger partial charge in [0.2, 0.25) is 0 Å². The van der Waals surface area contributed by atoms with Crippen LogP contribution in [0, 0.1) is 0 Å². The van der Waals surface area contributed by atoms with Gasteiger partial charge in [-0.2, -0.15) is 0 Å². The first-order valence-electron chi connectivity index (χ1n) is 7.77. The van der Waals surface area contributed by atoms with Crippen molar-refractivity contribution in [3.63, 3.8) is 0 Å². The molecule has 2 heterocycles. The van der Waals surface area contributed by atoms with E-state index >= 15 is 0 Å². The number of hydrogen-bond donors (Lipinski definition) is 0. The first-order chi connectivity index (χ1) is 11.8. The van der Waals surface area contributed by atoms with Gasteiger partial charge in [0.15, 0.2) is 6.29 Å². The standard InChI is InChI=1S/C19H16O5/c20-18-16(19-21-8-9-22-19)10-14-6-7-15(11-17(14)24-18)23-12-13-4-2-1-3-5-13/h1-7,10-11,19H,8-9,12H2. The van der Waals surface area contributed by atoms with Crippen LogP contribution in [0.2, 0.25) is 0 Å². The molecule has 1 aliphatic heterocycles. The second-order valence-electron chi connectivity index (χ2n) is 5.54. The van der Waals surface area contributed by atoms with E-state index in [-0.39, 0.29) is 0 Å². The maximum atomic E-state index is 12.1. The summed E-state index contributed by atoms with van der Waals surface area (Å²) in [5, 5.41) is 0.802. The molecule has 2 aromatic carbocycles. The lowest BCUT2D eigenvalue weighted by molar-refractivity contribution is -0.0461. The summed E-state index contributed by atoms with van der Waals surface area (Å²) in [6.45, 7) is 1.42. The van der Waals surface area contributed by atoms with Crippen LogP contribution in [0.25, 0.3) is 11.0 Å². The fraction of sp³-hybridized carbons (Fsp3) is 0.211. The monoisotopic (exact) mass is 324 g/mol. The van der Waals surface area contributed by atoms with Crippen molar-refractivity contribution in [2.45, 2.75) is 12.9 Å². The van der Waals surface area contributed by atoms with E-state index in [1.165, 1.54) is 0 Å². The summed E-state index contributed by atoms with van der Waals surface area (Å²) < 4.78 is 21.9. The third-order valence-corrected chi connectivity index (χ3v) is 3.86. The molecular weight excluding hydrogens is 308 g/mol. The summed E-state index contributed by atoms with van der Waals surface area (Å²) in [5.41, 5.74) is 1.49. The molecule has 0 aliphatic carbocycles. The molecule has 1 aliphatic rings. The average Bonchev–Trinajstić information content (AvgIpc) is 3.14. The molecule has 1 aromatic heterocycles. The van der Waals surface area contributed by atoms with E-state index in [1.807, 2.05) is 42.5 Å². The maximum Gasteiger partial charge on any atom is 0.344 e. The summed E-state index contributed by atoms with van der Waals surface area (Å²) in [5.74, 6) is 0.649. The molecular formula is C19H16O5. The van der Waals surface area contributed by atoms with Gasteiger partial charge in [-0.25, -0.2) is 4.79 Å². The van der Waals surface area contributed by atoms with Crippen molar-refractivity contribution in [3.05, 3.63) is 76.1 Å². The van der Waals surface area contributed by atoms with Gasteiger partial charge in [-0.05, 0) is 23.8 Å². The van der Waals surface area contributed by atoms with Gasteiger partial charge < -0.3 is 18.6 Å². The number of rotatable bonds is 4. The van der Waals surface area contributed by atoms with E-state index < -0.39 is 11.9 Å².